The number of anilines is 2. The third-order valence-electron chi connectivity index (χ3n) is 6.97. The Balaban J connectivity index is 1.81. The minimum atomic E-state index is 0.453. The predicted octanol–water partition coefficient (Wildman–Crippen LogP) is 5.10. The van der Waals surface area contributed by atoms with Crippen LogP contribution in [0.1, 0.15) is 64.5 Å². The van der Waals surface area contributed by atoms with Crippen molar-refractivity contribution < 1.29 is 0 Å². The maximum absolute atomic E-state index is 6.40. The quantitative estimate of drug-likeness (QED) is 0.333. The molecule has 1 heterocycles. The molecular formula is C30H43N5. The van der Waals surface area contributed by atoms with Crippen molar-refractivity contribution >= 4 is 35.6 Å². The number of rotatable bonds is 12. The molecule has 2 aromatic rings. The van der Waals surface area contributed by atoms with Crippen molar-refractivity contribution in [3.8, 4) is 0 Å². The summed E-state index contributed by atoms with van der Waals surface area (Å²) in [4.78, 5) is 11.6. The fourth-order valence-corrected chi connectivity index (χ4v) is 4.51. The third-order valence-corrected chi connectivity index (χ3v) is 6.97. The van der Waals surface area contributed by atoms with Crippen LogP contribution in [0.25, 0.3) is 12.2 Å². The van der Waals surface area contributed by atoms with E-state index in [9.17, 15) is 0 Å². The van der Waals surface area contributed by atoms with E-state index in [0.29, 0.717) is 11.2 Å². The number of allylic oxidation sites excluding steroid dienone is 1. The lowest BCUT2D eigenvalue weighted by molar-refractivity contribution is 0.519. The van der Waals surface area contributed by atoms with Crippen molar-refractivity contribution in [3.05, 3.63) is 58.6 Å². The van der Waals surface area contributed by atoms with Crippen molar-refractivity contribution in [1.29, 1.82) is 0 Å². The average molecular weight is 474 g/mol. The van der Waals surface area contributed by atoms with Gasteiger partial charge in [-0.3, -0.25) is 4.99 Å². The van der Waals surface area contributed by atoms with E-state index < -0.39 is 0 Å². The van der Waals surface area contributed by atoms with Crippen LogP contribution >= 0.6 is 0 Å². The van der Waals surface area contributed by atoms with E-state index in [0.717, 1.165) is 66.8 Å². The van der Waals surface area contributed by atoms with Crippen LogP contribution in [0.2, 0.25) is 0 Å². The number of aromatic nitrogens is 1. The number of hydrogen-bond donors (Lipinski definition) is 2. The Labute approximate surface area is 211 Å². The lowest BCUT2D eigenvalue weighted by atomic mass is 10.1. The molecule has 1 aliphatic carbocycles. The second kappa shape index (κ2) is 12.2. The van der Waals surface area contributed by atoms with Crippen LogP contribution in [0.4, 0.5) is 17.2 Å². The summed E-state index contributed by atoms with van der Waals surface area (Å²) in [5.74, 6) is 1.27. The van der Waals surface area contributed by atoms with Crippen LogP contribution in [0.3, 0.4) is 0 Å². The molecule has 0 amide bonds. The molecule has 1 aromatic heterocycles. The molecule has 0 saturated heterocycles. The zero-order valence-corrected chi connectivity index (χ0v) is 22.3. The van der Waals surface area contributed by atoms with Crippen molar-refractivity contribution in [1.82, 2.24) is 10.3 Å². The predicted molar refractivity (Wildman–Crippen MR) is 153 cm³/mol. The lowest BCUT2D eigenvalue weighted by Gasteiger charge is -2.23. The number of unbranched alkanes of at least 4 members (excludes halogenated alkanes) is 2. The molecule has 1 atom stereocenters. The maximum Gasteiger partial charge on any atom is 0.152 e. The Morgan fingerprint density at radius 1 is 1.26 bits per heavy atom. The van der Waals surface area contributed by atoms with E-state index in [1.807, 2.05) is 25.3 Å². The Hall–Kier alpha value is -2.92. The Morgan fingerprint density at radius 3 is 2.54 bits per heavy atom. The van der Waals surface area contributed by atoms with E-state index >= 15 is 0 Å². The molecule has 1 aromatic carbocycles. The van der Waals surface area contributed by atoms with Gasteiger partial charge in [0.05, 0.1) is 11.0 Å². The molecule has 1 saturated carbocycles. The largest absolute Gasteiger partial charge is 0.382 e. The summed E-state index contributed by atoms with van der Waals surface area (Å²) in [5, 5.41) is 5.45. The first-order chi connectivity index (χ1) is 16.8. The van der Waals surface area contributed by atoms with Crippen LogP contribution < -0.4 is 26.5 Å². The smallest absolute Gasteiger partial charge is 0.152 e. The zero-order valence-electron chi connectivity index (χ0n) is 22.3. The first-order valence-electron chi connectivity index (χ1n) is 12.9. The van der Waals surface area contributed by atoms with Crippen LogP contribution in [0, 0.1) is 11.3 Å². The summed E-state index contributed by atoms with van der Waals surface area (Å²) >= 11 is 0. The molecule has 5 nitrogen and oxygen atoms in total. The molecule has 35 heavy (non-hydrogen) atoms. The van der Waals surface area contributed by atoms with Crippen molar-refractivity contribution in [2.24, 2.45) is 16.3 Å². The van der Waals surface area contributed by atoms with E-state index in [4.69, 9.17) is 10.7 Å². The first kappa shape index (κ1) is 26.7. The molecule has 188 valence electrons. The second-order valence-corrected chi connectivity index (χ2v) is 10.3. The third kappa shape index (κ3) is 7.04. The van der Waals surface area contributed by atoms with E-state index in [1.54, 1.807) is 6.08 Å². The zero-order chi connectivity index (χ0) is 25.4. The number of pyridine rings is 1. The van der Waals surface area contributed by atoms with Crippen LogP contribution in [0.15, 0.2) is 41.9 Å². The number of nitrogens with one attached hydrogen (secondary N) is 1. The van der Waals surface area contributed by atoms with Crippen molar-refractivity contribution in [3.63, 3.8) is 0 Å². The molecule has 0 bridgehead atoms. The molecule has 0 radical (unpaired) electrons. The molecule has 1 unspecified atom stereocenters. The number of aliphatic imine (C=N–C) groups is 1. The van der Waals surface area contributed by atoms with Gasteiger partial charge >= 0.3 is 0 Å². The van der Waals surface area contributed by atoms with E-state index in [1.165, 1.54) is 17.5 Å². The van der Waals surface area contributed by atoms with Gasteiger partial charge in [0.15, 0.2) is 5.82 Å². The highest BCUT2D eigenvalue weighted by molar-refractivity contribution is 5.81. The molecular weight excluding hydrogens is 430 g/mol. The Kier molecular flexibility index (Phi) is 9.27. The highest BCUT2D eigenvalue weighted by Crippen LogP contribution is 2.51. The fourth-order valence-electron chi connectivity index (χ4n) is 4.51. The van der Waals surface area contributed by atoms with E-state index in [-0.39, 0.29) is 0 Å². The summed E-state index contributed by atoms with van der Waals surface area (Å²) < 4.78 is 0. The van der Waals surface area contributed by atoms with Gasteiger partial charge in [0, 0.05) is 31.6 Å². The van der Waals surface area contributed by atoms with Crippen molar-refractivity contribution in [2.45, 2.75) is 66.5 Å². The minimum Gasteiger partial charge on any atom is -0.382 e. The number of benzene rings is 1. The van der Waals surface area contributed by atoms with Gasteiger partial charge in [0.25, 0.3) is 0 Å². The second-order valence-electron chi connectivity index (χ2n) is 10.3. The van der Waals surface area contributed by atoms with E-state index in [2.05, 4.69) is 73.9 Å². The topological polar surface area (TPSA) is 66.5 Å². The normalized spacial score (nSPS) is 17.8. The molecule has 3 rings (SSSR count). The lowest BCUT2D eigenvalue weighted by Crippen LogP contribution is -2.35. The van der Waals surface area contributed by atoms with Gasteiger partial charge < -0.3 is 16.0 Å². The van der Waals surface area contributed by atoms with Gasteiger partial charge in [0.1, 0.15) is 5.69 Å². The van der Waals surface area contributed by atoms with Gasteiger partial charge in [-0.25, -0.2) is 4.98 Å². The summed E-state index contributed by atoms with van der Waals surface area (Å²) in [7, 11) is 2.09. The molecule has 0 spiro atoms. The minimum absolute atomic E-state index is 0.453. The van der Waals surface area contributed by atoms with Gasteiger partial charge in [-0.2, -0.15) is 0 Å². The van der Waals surface area contributed by atoms with Crippen LogP contribution in [-0.4, -0.2) is 24.8 Å². The molecule has 5 heteroatoms. The molecule has 0 aliphatic heterocycles. The SMILES string of the molecule is C=C/C=c1/c(N(C)Cc2ccc(CNCC3CC3(C)C)cc2)c(N=CCCCC)c(N)n/c1=C/C. The monoisotopic (exact) mass is 473 g/mol. The van der Waals surface area contributed by atoms with Crippen LogP contribution in [-0.2, 0) is 13.1 Å². The maximum atomic E-state index is 6.40. The van der Waals surface area contributed by atoms with Gasteiger partial charge in [-0.05, 0) is 55.2 Å². The molecule has 1 aliphatic rings. The average Bonchev–Trinajstić information content (AvgIpc) is 3.45. The summed E-state index contributed by atoms with van der Waals surface area (Å²) in [5.41, 5.74) is 11.2. The van der Waals surface area contributed by atoms with Gasteiger partial charge in [-0.1, -0.05) is 76.3 Å². The summed E-state index contributed by atoms with van der Waals surface area (Å²) in [6, 6.07) is 8.88. The number of nitrogen functional groups attached to an aromatic ring is 1. The number of hydrogen-bond acceptors (Lipinski definition) is 5. The molecule has 3 N–H and O–H groups in total. The fraction of sp³-hybridized carbons (Fsp3) is 0.467. The number of nitrogens with two attached hydrogens (primary N) is 1. The summed E-state index contributed by atoms with van der Waals surface area (Å²) in [6.45, 7) is 15.5. The highest BCUT2D eigenvalue weighted by atomic mass is 15.1. The Bertz CT molecular complexity index is 1140. The molecule has 1 fully saturated rings. The van der Waals surface area contributed by atoms with Crippen LogP contribution in [0.5, 0.6) is 0 Å². The summed E-state index contributed by atoms with van der Waals surface area (Å²) in [6.07, 6.45) is 12.2. The standard InChI is InChI=1S/C30H43N5/c1-7-10-11-17-33-27-28(25(12-8-2)26(9-3)34-29(27)31)35(6)21-23-15-13-22(14-16-23)19-32-20-24-18-30(24,4)5/h8-9,12-17,24,32H,2,7,10-11,18-21H2,1,3-6H3,(H2,31,34)/b25-12+,26-9+,33-17?. The van der Waals surface area contributed by atoms with Crippen molar-refractivity contribution in [2.75, 3.05) is 24.2 Å². The highest BCUT2D eigenvalue weighted by Gasteiger charge is 2.44. The Morgan fingerprint density at radius 2 is 1.94 bits per heavy atom. The van der Waals surface area contributed by atoms with Gasteiger partial charge in [-0.15, -0.1) is 0 Å². The first-order valence-corrected chi connectivity index (χ1v) is 12.9. The van der Waals surface area contributed by atoms with Gasteiger partial charge in [0.2, 0.25) is 0 Å². The number of nitrogens with zero attached hydrogens (tertiary/aromatic N) is 3.